The molecule has 3 nitrogen and oxygen atoms in total. The van der Waals surface area contributed by atoms with Gasteiger partial charge in [-0.3, -0.25) is 4.79 Å². The predicted molar refractivity (Wildman–Crippen MR) is 88.1 cm³/mol. The van der Waals surface area contributed by atoms with Crippen LogP contribution in [0.25, 0.3) is 0 Å². The van der Waals surface area contributed by atoms with E-state index in [-0.39, 0.29) is 11.8 Å². The fourth-order valence-corrected chi connectivity index (χ4v) is 2.51. The van der Waals surface area contributed by atoms with Gasteiger partial charge < -0.3 is 10.1 Å². The topological polar surface area (TPSA) is 38.3 Å². The van der Waals surface area contributed by atoms with Gasteiger partial charge in [-0.05, 0) is 55.7 Å². The number of amides is 1. The Kier molecular flexibility index (Phi) is 4.54. The summed E-state index contributed by atoms with van der Waals surface area (Å²) >= 11 is 0. The molecule has 3 heteroatoms. The molecule has 0 unspecified atom stereocenters. The highest BCUT2D eigenvalue weighted by molar-refractivity contribution is 5.92. The molecule has 1 aliphatic rings. The van der Waals surface area contributed by atoms with Crippen molar-refractivity contribution in [1.29, 1.82) is 0 Å². The number of carbonyl (C=O) groups excluding carboxylic acids is 1. The average molecular weight is 293 g/mol. The molecule has 0 fully saturated rings. The van der Waals surface area contributed by atoms with Crippen molar-refractivity contribution in [2.75, 3.05) is 5.32 Å². The predicted octanol–water partition coefficient (Wildman–Crippen LogP) is 4.77. The molecule has 1 amide bonds. The second-order valence-corrected chi connectivity index (χ2v) is 5.41. The van der Waals surface area contributed by atoms with E-state index in [1.807, 2.05) is 54.6 Å². The first-order chi connectivity index (χ1) is 10.8. The van der Waals surface area contributed by atoms with Crippen molar-refractivity contribution in [1.82, 2.24) is 0 Å². The van der Waals surface area contributed by atoms with E-state index in [0.29, 0.717) is 0 Å². The van der Waals surface area contributed by atoms with Crippen LogP contribution in [-0.4, -0.2) is 5.91 Å². The van der Waals surface area contributed by atoms with Crippen molar-refractivity contribution in [2.24, 2.45) is 5.92 Å². The van der Waals surface area contributed by atoms with Gasteiger partial charge in [0.2, 0.25) is 5.91 Å². The smallest absolute Gasteiger partial charge is 0.227 e. The minimum Gasteiger partial charge on any atom is -0.457 e. The summed E-state index contributed by atoms with van der Waals surface area (Å²) in [6.45, 7) is 0. The Labute approximate surface area is 130 Å². The van der Waals surface area contributed by atoms with E-state index >= 15 is 0 Å². The van der Waals surface area contributed by atoms with Crippen LogP contribution in [0.3, 0.4) is 0 Å². The number of carbonyl (C=O) groups is 1. The fourth-order valence-electron chi connectivity index (χ4n) is 2.51. The van der Waals surface area contributed by atoms with Crippen molar-refractivity contribution in [3.8, 4) is 11.5 Å². The average Bonchev–Trinajstić information content (AvgIpc) is 2.58. The minimum absolute atomic E-state index is 0.0882. The van der Waals surface area contributed by atoms with E-state index in [9.17, 15) is 4.79 Å². The third kappa shape index (κ3) is 3.76. The van der Waals surface area contributed by atoms with Crippen LogP contribution in [0, 0.1) is 5.92 Å². The molecule has 2 aromatic carbocycles. The Balaban J connectivity index is 1.59. The standard InChI is InChI=1S/C19H19NO2/c21-19(15-7-3-1-4-8-15)20-16-11-13-18(14-12-16)22-17-9-5-2-6-10-17/h1-3,5-6,9-15H,4,7-8H2,(H,20,21)/t15-/m1/s1. The Morgan fingerprint density at radius 3 is 2.36 bits per heavy atom. The van der Waals surface area contributed by atoms with E-state index in [0.717, 1.165) is 36.4 Å². The van der Waals surface area contributed by atoms with E-state index in [1.165, 1.54) is 0 Å². The Morgan fingerprint density at radius 2 is 1.68 bits per heavy atom. The normalized spacial score (nSPS) is 17.0. The van der Waals surface area contributed by atoms with Crippen molar-refractivity contribution in [3.63, 3.8) is 0 Å². The molecule has 1 aliphatic carbocycles. The van der Waals surface area contributed by atoms with Gasteiger partial charge in [-0.1, -0.05) is 30.4 Å². The Morgan fingerprint density at radius 1 is 0.955 bits per heavy atom. The van der Waals surface area contributed by atoms with Gasteiger partial charge in [0.25, 0.3) is 0 Å². The molecular formula is C19H19NO2. The number of allylic oxidation sites excluding steroid dienone is 2. The van der Waals surface area contributed by atoms with E-state index in [2.05, 4.69) is 17.5 Å². The first-order valence-corrected chi connectivity index (χ1v) is 7.60. The summed E-state index contributed by atoms with van der Waals surface area (Å²) < 4.78 is 5.73. The van der Waals surface area contributed by atoms with Crippen LogP contribution in [0.5, 0.6) is 11.5 Å². The van der Waals surface area contributed by atoms with Gasteiger partial charge in [0, 0.05) is 11.6 Å². The first-order valence-electron chi connectivity index (χ1n) is 7.60. The lowest BCUT2D eigenvalue weighted by Gasteiger charge is -2.17. The maximum absolute atomic E-state index is 12.2. The van der Waals surface area contributed by atoms with Crippen molar-refractivity contribution < 1.29 is 9.53 Å². The van der Waals surface area contributed by atoms with Crippen LogP contribution < -0.4 is 10.1 Å². The van der Waals surface area contributed by atoms with Gasteiger partial charge in [0.05, 0.1) is 0 Å². The third-order valence-electron chi connectivity index (χ3n) is 3.74. The summed E-state index contributed by atoms with van der Waals surface area (Å²) in [7, 11) is 0. The van der Waals surface area contributed by atoms with Gasteiger partial charge in [-0.25, -0.2) is 0 Å². The van der Waals surface area contributed by atoms with Gasteiger partial charge in [0.15, 0.2) is 0 Å². The van der Waals surface area contributed by atoms with Gasteiger partial charge >= 0.3 is 0 Å². The molecule has 0 aliphatic heterocycles. The molecule has 112 valence electrons. The van der Waals surface area contributed by atoms with Gasteiger partial charge in [0.1, 0.15) is 11.5 Å². The highest BCUT2D eigenvalue weighted by Gasteiger charge is 2.18. The zero-order valence-electron chi connectivity index (χ0n) is 12.4. The zero-order valence-corrected chi connectivity index (χ0v) is 12.4. The van der Waals surface area contributed by atoms with Crippen molar-refractivity contribution in [2.45, 2.75) is 19.3 Å². The molecule has 3 rings (SSSR count). The van der Waals surface area contributed by atoms with Crippen LogP contribution in [0.1, 0.15) is 19.3 Å². The quantitative estimate of drug-likeness (QED) is 0.824. The molecule has 0 saturated heterocycles. The van der Waals surface area contributed by atoms with Crippen LogP contribution in [0.2, 0.25) is 0 Å². The highest BCUT2D eigenvalue weighted by atomic mass is 16.5. The minimum atomic E-state index is 0.0882. The van der Waals surface area contributed by atoms with E-state index < -0.39 is 0 Å². The number of anilines is 1. The van der Waals surface area contributed by atoms with Crippen LogP contribution >= 0.6 is 0 Å². The van der Waals surface area contributed by atoms with Gasteiger partial charge in [-0.2, -0.15) is 0 Å². The monoisotopic (exact) mass is 293 g/mol. The summed E-state index contributed by atoms with van der Waals surface area (Å²) in [4.78, 5) is 12.2. The number of benzene rings is 2. The lowest BCUT2D eigenvalue weighted by atomic mass is 9.93. The summed E-state index contributed by atoms with van der Waals surface area (Å²) in [5.74, 6) is 1.74. The third-order valence-corrected chi connectivity index (χ3v) is 3.74. The summed E-state index contributed by atoms with van der Waals surface area (Å²) in [6.07, 6.45) is 6.98. The molecule has 1 N–H and O–H groups in total. The molecule has 0 bridgehead atoms. The number of hydrogen-bond acceptors (Lipinski definition) is 2. The van der Waals surface area contributed by atoms with Crippen LogP contribution in [0.4, 0.5) is 5.69 Å². The second-order valence-electron chi connectivity index (χ2n) is 5.41. The molecule has 0 saturated carbocycles. The highest BCUT2D eigenvalue weighted by Crippen LogP contribution is 2.24. The maximum atomic E-state index is 12.2. The van der Waals surface area contributed by atoms with Gasteiger partial charge in [-0.15, -0.1) is 0 Å². The number of hydrogen-bond donors (Lipinski definition) is 1. The van der Waals surface area contributed by atoms with Crippen LogP contribution in [-0.2, 0) is 4.79 Å². The summed E-state index contributed by atoms with van der Waals surface area (Å²) in [6, 6.07) is 17.1. The number of nitrogens with one attached hydrogen (secondary N) is 1. The lowest BCUT2D eigenvalue weighted by molar-refractivity contribution is -0.120. The Hall–Kier alpha value is -2.55. The lowest BCUT2D eigenvalue weighted by Crippen LogP contribution is -2.23. The number of ether oxygens (including phenoxy) is 1. The second kappa shape index (κ2) is 6.94. The molecule has 2 aromatic rings. The molecular weight excluding hydrogens is 274 g/mol. The zero-order chi connectivity index (χ0) is 15.2. The number of para-hydroxylation sites is 1. The number of rotatable bonds is 4. The molecule has 0 spiro atoms. The molecule has 0 heterocycles. The Bertz CT molecular complexity index is 647. The van der Waals surface area contributed by atoms with E-state index in [4.69, 9.17) is 4.74 Å². The molecule has 0 aromatic heterocycles. The van der Waals surface area contributed by atoms with Crippen molar-refractivity contribution >= 4 is 11.6 Å². The van der Waals surface area contributed by atoms with Crippen molar-refractivity contribution in [3.05, 3.63) is 66.7 Å². The summed E-state index contributed by atoms with van der Waals surface area (Å²) in [5.41, 5.74) is 0.806. The first kappa shape index (κ1) is 14.4. The largest absolute Gasteiger partial charge is 0.457 e. The SMILES string of the molecule is O=C(Nc1ccc(Oc2ccccc2)cc1)[C@@H]1CC=CCC1. The fraction of sp³-hybridized carbons (Fsp3) is 0.211. The van der Waals surface area contributed by atoms with Crippen LogP contribution in [0.15, 0.2) is 66.7 Å². The maximum Gasteiger partial charge on any atom is 0.227 e. The molecule has 22 heavy (non-hydrogen) atoms. The van der Waals surface area contributed by atoms with E-state index in [1.54, 1.807) is 0 Å². The summed E-state index contributed by atoms with van der Waals surface area (Å²) in [5, 5.41) is 2.97. The molecule has 1 atom stereocenters. The molecule has 0 radical (unpaired) electrons.